The van der Waals surface area contributed by atoms with Gasteiger partial charge in [-0.15, -0.1) is 0 Å². The maximum absolute atomic E-state index is 11.9. The first-order valence-corrected chi connectivity index (χ1v) is 7.55. The first-order chi connectivity index (χ1) is 10.4. The number of hydrogen-bond acceptors (Lipinski definition) is 6. The van der Waals surface area contributed by atoms with E-state index < -0.39 is 11.7 Å². The van der Waals surface area contributed by atoms with Gasteiger partial charge in [-0.05, 0) is 0 Å². The molecule has 0 unspecified atom stereocenters. The summed E-state index contributed by atoms with van der Waals surface area (Å²) >= 11 is 0. The van der Waals surface area contributed by atoms with E-state index in [1.165, 1.54) is 7.12 Å². The third-order valence-electron chi connectivity index (χ3n) is 3.38. The van der Waals surface area contributed by atoms with Crippen molar-refractivity contribution in [3.8, 4) is 6.26 Å². The third kappa shape index (κ3) is 6.81. The zero-order valence-electron chi connectivity index (χ0n) is 13.6. The Hall–Kier alpha value is -1.75. The molecule has 0 spiro atoms. The van der Waals surface area contributed by atoms with Crippen molar-refractivity contribution in [3.05, 3.63) is 0 Å². The van der Waals surface area contributed by atoms with Crippen molar-refractivity contribution in [2.24, 2.45) is 11.7 Å². The maximum atomic E-state index is 11.9. The first-order valence-electron chi connectivity index (χ1n) is 7.55. The van der Waals surface area contributed by atoms with Crippen LogP contribution in [0, 0.1) is 17.4 Å². The number of ether oxygens (including phenoxy) is 1. The zero-order chi connectivity index (χ0) is 16.6. The van der Waals surface area contributed by atoms with Crippen LogP contribution in [0.4, 0.5) is 4.79 Å². The number of nitriles is 1. The van der Waals surface area contributed by atoms with Gasteiger partial charge < -0.3 is 0 Å². The average molecular weight is 308 g/mol. The quantitative estimate of drug-likeness (QED) is 0.575. The van der Waals surface area contributed by atoms with E-state index in [-0.39, 0.29) is 0 Å². The van der Waals surface area contributed by atoms with Gasteiger partial charge in [-0.25, -0.2) is 0 Å². The van der Waals surface area contributed by atoms with E-state index in [1.807, 2.05) is 4.90 Å². The van der Waals surface area contributed by atoms with Gasteiger partial charge in [0.25, 0.3) is 0 Å². The standard InChI is InChI=1S/C14H25BN4O3/c1-14(2,3)22-13(20)18-12(15-21-10-17)19-8-5-11(4-7-16)6-9-19/h11H,4-9,16H2,1-3H3,(H,18,20). The van der Waals surface area contributed by atoms with E-state index in [0.717, 1.165) is 32.4 Å². The number of rotatable bonds is 5. The molecular weight excluding hydrogens is 283 g/mol. The molecule has 7 nitrogen and oxygen atoms in total. The molecule has 122 valence electrons. The van der Waals surface area contributed by atoms with Crippen molar-refractivity contribution < 1.29 is 14.2 Å². The fourth-order valence-corrected chi connectivity index (χ4v) is 2.37. The molecule has 0 saturated carbocycles. The molecule has 8 heteroatoms. The molecule has 0 atom stereocenters. The number of carbonyl (C=O) groups excluding carboxylic acids is 1. The topological polar surface area (TPSA) is 101 Å². The molecule has 3 N–H and O–H groups in total. The van der Waals surface area contributed by atoms with Gasteiger partial charge in [-0.2, -0.15) is 0 Å². The molecule has 0 bridgehead atoms. The minimum atomic E-state index is -0.584. The predicted octanol–water partition coefficient (Wildman–Crippen LogP) is 0.776. The van der Waals surface area contributed by atoms with Gasteiger partial charge >= 0.3 is 132 Å². The molecule has 22 heavy (non-hydrogen) atoms. The van der Waals surface area contributed by atoms with E-state index in [2.05, 4.69) is 9.97 Å². The Morgan fingerprint density at radius 3 is 2.59 bits per heavy atom. The van der Waals surface area contributed by atoms with Gasteiger partial charge in [-0.1, -0.05) is 0 Å². The van der Waals surface area contributed by atoms with Crippen LogP contribution in [-0.2, 0) is 9.39 Å². The van der Waals surface area contributed by atoms with Crippen molar-refractivity contribution >= 4 is 18.9 Å². The molecule has 1 saturated heterocycles. The minimum absolute atomic E-state index is 0.446. The van der Waals surface area contributed by atoms with Crippen LogP contribution in [0.2, 0.25) is 0 Å². The molecule has 1 rings (SSSR count). The van der Waals surface area contributed by atoms with E-state index in [0.29, 0.717) is 18.2 Å². The van der Waals surface area contributed by atoms with Crippen molar-refractivity contribution in [3.63, 3.8) is 0 Å². The van der Waals surface area contributed by atoms with Crippen LogP contribution in [0.25, 0.3) is 0 Å². The summed E-state index contributed by atoms with van der Waals surface area (Å²) in [6, 6.07) is 0. The van der Waals surface area contributed by atoms with Gasteiger partial charge in [-0.3, -0.25) is 0 Å². The van der Waals surface area contributed by atoms with Crippen LogP contribution in [0.15, 0.2) is 0 Å². The van der Waals surface area contributed by atoms with E-state index >= 15 is 0 Å². The molecule has 0 aromatic rings. The predicted molar refractivity (Wildman–Crippen MR) is 84.8 cm³/mol. The Kier molecular flexibility index (Phi) is 7.19. The molecule has 1 heterocycles. The Morgan fingerprint density at radius 1 is 1.45 bits per heavy atom. The van der Waals surface area contributed by atoms with Crippen molar-refractivity contribution in [1.82, 2.24) is 10.2 Å². The summed E-state index contributed by atoms with van der Waals surface area (Å²) in [5.41, 5.74) is 5.45. The van der Waals surface area contributed by atoms with Crippen LogP contribution in [-0.4, -0.2) is 49.1 Å². The number of amides is 1. The number of carbonyl (C=O) groups is 1. The van der Waals surface area contributed by atoms with Crippen LogP contribution in [0.1, 0.15) is 40.0 Å². The normalized spacial score (nSPS) is 16.5. The molecule has 0 aromatic carbocycles. The van der Waals surface area contributed by atoms with E-state index in [9.17, 15) is 4.79 Å². The monoisotopic (exact) mass is 308 g/mol. The second-order valence-electron chi connectivity index (χ2n) is 6.35. The van der Waals surface area contributed by atoms with E-state index in [1.54, 1.807) is 27.0 Å². The molecule has 0 radical (unpaired) electrons. The second kappa shape index (κ2) is 8.64. The average Bonchev–Trinajstić information content (AvgIpc) is 2.43. The summed E-state index contributed by atoms with van der Waals surface area (Å²) in [6.07, 6.45) is 4.02. The van der Waals surface area contributed by atoms with Gasteiger partial charge in [0.05, 0.1) is 0 Å². The summed E-state index contributed by atoms with van der Waals surface area (Å²) in [5.74, 6) is 0.612. The molecule has 1 fully saturated rings. The van der Waals surface area contributed by atoms with Gasteiger partial charge in [0, 0.05) is 0 Å². The molecule has 0 aromatic heterocycles. The van der Waals surface area contributed by atoms with Gasteiger partial charge in [0.15, 0.2) is 0 Å². The summed E-state index contributed by atoms with van der Waals surface area (Å²) in [7, 11) is 1.24. The summed E-state index contributed by atoms with van der Waals surface area (Å²) in [4.78, 5) is 13.9. The number of likely N-dealkylation sites (tertiary alicyclic amines) is 1. The number of alkyl carbamates (subject to hydrolysis) is 1. The Morgan fingerprint density at radius 2 is 2.09 bits per heavy atom. The number of nitrogens with zero attached hydrogens (tertiary/aromatic N) is 2. The fourth-order valence-electron chi connectivity index (χ4n) is 2.37. The number of piperidine rings is 1. The van der Waals surface area contributed by atoms with Gasteiger partial charge in [0.2, 0.25) is 0 Å². The molecule has 1 aliphatic heterocycles. The van der Waals surface area contributed by atoms with Crippen molar-refractivity contribution in [1.29, 1.82) is 5.26 Å². The summed E-state index contributed by atoms with van der Waals surface area (Å²) < 4.78 is 9.89. The zero-order valence-corrected chi connectivity index (χ0v) is 13.6. The molecule has 0 aliphatic carbocycles. The Labute approximate surface area is 132 Å². The van der Waals surface area contributed by atoms with Crippen LogP contribution < -0.4 is 11.1 Å². The van der Waals surface area contributed by atoms with Crippen molar-refractivity contribution in [2.75, 3.05) is 19.6 Å². The summed E-state index contributed by atoms with van der Waals surface area (Å²) in [6.45, 7) is 7.63. The second-order valence-corrected chi connectivity index (χ2v) is 6.35. The van der Waals surface area contributed by atoms with Crippen molar-refractivity contribution in [2.45, 2.75) is 45.6 Å². The number of nitrogens with one attached hydrogen (secondary N) is 1. The van der Waals surface area contributed by atoms with Crippen LogP contribution in [0.5, 0.6) is 0 Å². The van der Waals surface area contributed by atoms with Crippen LogP contribution >= 0.6 is 0 Å². The fraction of sp³-hybridized carbons (Fsp3) is 0.786. The molecular formula is C14H25BN4O3. The Balaban J connectivity index is 2.63. The first kappa shape index (κ1) is 18.3. The van der Waals surface area contributed by atoms with Gasteiger partial charge in [0.1, 0.15) is 0 Å². The number of nitrogens with two attached hydrogens (primary N) is 1. The summed E-state index contributed by atoms with van der Waals surface area (Å²) in [5, 5.41) is 11.2. The molecule has 1 amide bonds. The SMILES string of the molecule is CC(C)(C)OC(=O)NC(=BOC#N)N1CCC(CCN)CC1. The van der Waals surface area contributed by atoms with Crippen LogP contribution in [0.3, 0.4) is 0 Å². The molecule has 1 aliphatic rings. The Bertz CT molecular complexity index is 434. The third-order valence-corrected chi connectivity index (χ3v) is 3.38. The van der Waals surface area contributed by atoms with E-state index in [4.69, 9.17) is 15.7 Å². The number of hydrogen-bond donors (Lipinski definition) is 2.